The Labute approximate surface area is 85.3 Å². The van der Waals surface area contributed by atoms with Crippen LogP contribution in [-0.4, -0.2) is 22.1 Å². The molecule has 0 aromatic carbocycles. The standard InChI is InChI=1S/C9H10F2N2O2/c1-3-9(10,11)8(14)15-7-5-4-6(2)12-13-7/h4-5H,3H2,1-2H3. The van der Waals surface area contributed by atoms with Crippen molar-refractivity contribution in [2.24, 2.45) is 0 Å². The first-order chi connectivity index (χ1) is 6.95. The number of ether oxygens (including phenoxy) is 1. The van der Waals surface area contributed by atoms with E-state index in [4.69, 9.17) is 0 Å². The molecule has 0 radical (unpaired) electrons. The second kappa shape index (κ2) is 4.29. The van der Waals surface area contributed by atoms with Crippen LogP contribution in [0.3, 0.4) is 0 Å². The van der Waals surface area contributed by atoms with E-state index in [9.17, 15) is 13.6 Å². The number of hydrogen-bond donors (Lipinski definition) is 0. The SMILES string of the molecule is CCC(F)(F)C(=O)Oc1ccc(C)nn1. The van der Waals surface area contributed by atoms with Crippen molar-refractivity contribution >= 4 is 5.97 Å². The monoisotopic (exact) mass is 216 g/mol. The molecule has 0 aliphatic rings. The lowest BCUT2D eigenvalue weighted by Gasteiger charge is -2.11. The lowest BCUT2D eigenvalue weighted by molar-refractivity contribution is -0.162. The highest BCUT2D eigenvalue weighted by molar-refractivity contribution is 5.79. The summed E-state index contributed by atoms with van der Waals surface area (Å²) in [5.41, 5.74) is 0.608. The van der Waals surface area contributed by atoms with Crippen molar-refractivity contribution in [3.05, 3.63) is 17.8 Å². The first-order valence-corrected chi connectivity index (χ1v) is 4.36. The predicted molar refractivity (Wildman–Crippen MR) is 47.6 cm³/mol. The number of rotatable bonds is 3. The largest absolute Gasteiger partial charge is 0.401 e. The summed E-state index contributed by atoms with van der Waals surface area (Å²) in [5.74, 6) is -5.31. The Kier molecular flexibility index (Phi) is 3.28. The van der Waals surface area contributed by atoms with Gasteiger partial charge in [-0.15, -0.1) is 5.10 Å². The number of halogens is 2. The molecule has 1 heterocycles. The molecule has 4 nitrogen and oxygen atoms in total. The van der Waals surface area contributed by atoms with Gasteiger partial charge in [0.25, 0.3) is 0 Å². The van der Waals surface area contributed by atoms with Gasteiger partial charge in [-0.05, 0) is 13.0 Å². The highest BCUT2D eigenvalue weighted by Gasteiger charge is 2.39. The van der Waals surface area contributed by atoms with Gasteiger partial charge in [0, 0.05) is 12.5 Å². The van der Waals surface area contributed by atoms with Gasteiger partial charge in [-0.1, -0.05) is 6.92 Å². The van der Waals surface area contributed by atoms with Crippen LogP contribution in [0.5, 0.6) is 5.88 Å². The van der Waals surface area contributed by atoms with E-state index in [0.717, 1.165) is 0 Å². The van der Waals surface area contributed by atoms with E-state index in [1.54, 1.807) is 6.92 Å². The summed E-state index contributed by atoms with van der Waals surface area (Å²) in [6, 6.07) is 2.83. The Morgan fingerprint density at radius 3 is 2.60 bits per heavy atom. The highest BCUT2D eigenvalue weighted by Crippen LogP contribution is 2.20. The molecule has 0 saturated heterocycles. The van der Waals surface area contributed by atoms with Crippen LogP contribution in [0.1, 0.15) is 19.0 Å². The molecule has 0 fully saturated rings. The number of esters is 1. The highest BCUT2D eigenvalue weighted by atomic mass is 19.3. The van der Waals surface area contributed by atoms with Crippen LogP contribution in [0, 0.1) is 6.92 Å². The third-order valence-electron chi connectivity index (χ3n) is 1.71. The fourth-order valence-corrected chi connectivity index (χ4v) is 0.755. The van der Waals surface area contributed by atoms with Gasteiger partial charge < -0.3 is 4.74 Å². The van der Waals surface area contributed by atoms with Crippen molar-refractivity contribution in [2.75, 3.05) is 0 Å². The molecule has 0 amide bonds. The topological polar surface area (TPSA) is 52.1 Å². The van der Waals surface area contributed by atoms with E-state index in [1.165, 1.54) is 19.1 Å². The van der Waals surface area contributed by atoms with E-state index >= 15 is 0 Å². The third-order valence-corrected chi connectivity index (χ3v) is 1.71. The molecule has 1 aromatic rings. The number of carbonyl (C=O) groups is 1. The van der Waals surface area contributed by atoms with Gasteiger partial charge in [-0.3, -0.25) is 0 Å². The zero-order chi connectivity index (χ0) is 11.5. The van der Waals surface area contributed by atoms with Gasteiger partial charge in [0.2, 0.25) is 5.88 Å². The lowest BCUT2D eigenvalue weighted by atomic mass is 10.3. The van der Waals surface area contributed by atoms with Crippen LogP contribution in [0.2, 0.25) is 0 Å². The molecule has 1 rings (SSSR count). The van der Waals surface area contributed by atoms with Crippen LogP contribution in [-0.2, 0) is 4.79 Å². The second-order valence-corrected chi connectivity index (χ2v) is 2.96. The van der Waals surface area contributed by atoms with E-state index in [1.807, 2.05) is 0 Å². The van der Waals surface area contributed by atoms with Crippen molar-refractivity contribution in [2.45, 2.75) is 26.2 Å². The average molecular weight is 216 g/mol. The summed E-state index contributed by atoms with van der Waals surface area (Å²) < 4.78 is 29.9. The number of nitrogens with zero attached hydrogens (tertiary/aromatic N) is 2. The molecule has 0 aliphatic heterocycles. The van der Waals surface area contributed by atoms with Gasteiger partial charge in [0.1, 0.15) is 0 Å². The van der Waals surface area contributed by atoms with Crippen molar-refractivity contribution in [3.63, 3.8) is 0 Å². The van der Waals surface area contributed by atoms with Crippen molar-refractivity contribution in [3.8, 4) is 5.88 Å². The molecule has 0 unspecified atom stereocenters. The average Bonchev–Trinajstić information content (AvgIpc) is 2.21. The first kappa shape index (κ1) is 11.5. The Balaban J connectivity index is 2.71. The maximum Gasteiger partial charge on any atom is 0.383 e. The number of aromatic nitrogens is 2. The van der Waals surface area contributed by atoms with Crippen molar-refractivity contribution < 1.29 is 18.3 Å². The van der Waals surface area contributed by atoms with Gasteiger partial charge in [0.15, 0.2) is 0 Å². The van der Waals surface area contributed by atoms with E-state index in [0.29, 0.717) is 5.69 Å². The Morgan fingerprint density at radius 1 is 1.47 bits per heavy atom. The van der Waals surface area contributed by atoms with E-state index in [-0.39, 0.29) is 5.88 Å². The molecule has 6 heteroatoms. The minimum Gasteiger partial charge on any atom is -0.401 e. The minimum atomic E-state index is -3.48. The zero-order valence-electron chi connectivity index (χ0n) is 8.33. The normalized spacial score (nSPS) is 11.2. The van der Waals surface area contributed by atoms with Crippen LogP contribution < -0.4 is 4.74 Å². The van der Waals surface area contributed by atoms with Gasteiger partial charge >= 0.3 is 11.9 Å². The maximum atomic E-state index is 12.8. The molecular weight excluding hydrogens is 206 g/mol. The van der Waals surface area contributed by atoms with Crippen molar-refractivity contribution in [1.82, 2.24) is 10.2 Å². The Bertz CT molecular complexity index is 352. The Morgan fingerprint density at radius 2 is 2.13 bits per heavy atom. The van der Waals surface area contributed by atoms with Gasteiger partial charge in [-0.2, -0.15) is 13.9 Å². The molecule has 0 bridgehead atoms. The summed E-state index contributed by atoms with van der Waals surface area (Å²) >= 11 is 0. The number of hydrogen-bond acceptors (Lipinski definition) is 4. The maximum absolute atomic E-state index is 12.8. The summed E-state index contributed by atoms with van der Waals surface area (Å²) in [6.45, 7) is 2.88. The van der Waals surface area contributed by atoms with Gasteiger partial charge in [-0.25, -0.2) is 4.79 Å². The van der Waals surface area contributed by atoms with Gasteiger partial charge in [0.05, 0.1) is 5.69 Å². The molecule has 0 aliphatic carbocycles. The smallest absolute Gasteiger partial charge is 0.383 e. The molecule has 1 aromatic heterocycles. The molecule has 0 atom stereocenters. The molecule has 15 heavy (non-hydrogen) atoms. The molecule has 0 saturated carbocycles. The molecule has 82 valence electrons. The lowest BCUT2D eigenvalue weighted by Crippen LogP contribution is -2.32. The minimum absolute atomic E-state index is 0.223. The summed E-state index contributed by atoms with van der Waals surface area (Å²) in [6.07, 6.45) is -0.606. The predicted octanol–water partition coefficient (Wildman–Crippen LogP) is 1.74. The number of aryl methyl sites for hydroxylation is 1. The van der Waals surface area contributed by atoms with Crippen LogP contribution >= 0.6 is 0 Å². The fraction of sp³-hybridized carbons (Fsp3) is 0.444. The third kappa shape index (κ3) is 2.93. The van der Waals surface area contributed by atoms with Crippen LogP contribution in [0.15, 0.2) is 12.1 Å². The fourth-order valence-electron chi connectivity index (χ4n) is 0.755. The number of carbonyl (C=O) groups excluding carboxylic acids is 1. The van der Waals surface area contributed by atoms with E-state index in [2.05, 4.69) is 14.9 Å². The zero-order valence-corrected chi connectivity index (χ0v) is 8.33. The van der Waals surface area contributed by atoms with Crippen LogP contribution in [0.4, 0.5) is 8.78 Å². The molecular formula is C9H10F2N2O2. The summed E-state index contributed by atoms with van der Waals surface area (Å²) in [4.78, 5) is 10.9. The number of alkyl halides is 2. The first-order valence-electron chi connectivity index (χ1n) is 4.36. The summed E-state index contributed by atoms with van der Waals surface area (Å²) in [7, 11) is 0. The molecule has 0 spiro atoms. The van der Waals surface area contributed by atoms with E-state index < -0.39 is 18.3 Å². The quantitative estimate of drug-likeness (QED) is 0.722. The summed E-state index contributed by atoms with van der Waals surface area (Å²) in [5, 5.41) is 7.01. The Hall–Kier alpha value is -1.59. The van der Waals surface area contributed by atoms with Crippen molar-refractivity contribution in [1.29, 1.82) is 0 Å². The molecule has 0 N–H and O–H groups in total. The second-order valence-electron chi connectivity index (χ2n) is 2.96. The van der Waals surface area contributed by atoms with Crippen LogP contribution in [0.25, 0.3) is 0 Å².